The monoisotopic (exact) mass is 241 g/mol. The molecule has 5 heteroatoms. The van der Waals surface area contributed by atoms with E-state index in [2.05, 4.69) is 9.97 Å². The Bertz CT molecular complexity index is 538. The summed E-state index contributed by atoms with van der Waals surface area (Å²) in [5.41, 5.74) is 6.89. The molecule has 18 heavy (non-hydrogen) atoms. The molecule has 2 aromatic rings. The summed E-state index contributed by atoms with van der Waals surface area (Å²) in [7, 11) is 0. The highest BCUT2D eigenvalue weighted by Crippen LogP contribution is 2.20. The first kappa shape index (κ1) is 12.0. The largest absolute Gasteiger partial charge is 0.382 e. The number of hydrogen-bond acceptors (Lipinski definition) is 4. The standard InChI is InChI=1S/C13H15N5/c1-2-18(10-6-4-3-5-7-10)13-16-9-8-11(17-13)12(14)15/h3-9H,2H2,1H3,(H3,14,15). The van der Waals surface area contributed by atoms with Gasteiger partial charge in [0.25, 0.3) is 0 Å². The molecule has 0 amide bonds. The summed E-state index contributed by atoms with van der Waals surface area (Å²) in [5.74, 6) is 0.499. The van der Waals surface area contributed by atoms with Gasteiger partial charge in [-0.2, -0.15) is 0 Å². The Labute approximate surface area is 106 Å². The van der Waals surface area contributed by atoms with Crippen LogP contribution in [0.25, 0.3) is 0 Å². The average Bonchev–Trinajstić information content (AvgIpc) is 2.41. The van der Waals surface area contributed by atoms with Gasteiger partial charge in [-0.15, -0.1) is 0 Å². The van der Waals surface area contributed by atoms with Gasteiger partial charge >= 0.3 is 0 Å². The molecule has 0 aliphatic rings. The predicted octanol–water partition coefficient (Wildman–Crippen LogP) is 1.92. The fourth-order valence-corrected chi connectivity index (χ4v) is 1.68. The van der Waals surface area contributed by atoms with E-state index in [1.54, 1.807) is 12.3 Å². The zero-order chi connectivity index (χ0) is 13.0. The van der Waals surface area contributed by atoms with E-state index in [-0.39, 0.29) is 5.84 Å². The lowest BCUT2D eigenvalue weighted by molar-refractivity contribution is 0.942. The molecule has 0 saturated heterocycles. The first-order chi connectivity index (χ1) is 8.72. The second kappa shape index (κ2) is 5.27. The molecule has 2 rings (SSSR count). The van der Waals surface area contributed by atoms with Gasteiger partial charge < -0.3 is 10.6 Å². The van der Waals surface area contributed by atoms with E-state index in [0.29, 0.717) is 11.6 Å². The summed E-state index contributed by atoms with van der Waals surface area (Å²) in [5, 5.41) is 7.40. The lowest BCUT2D eigenvalue weighted by atomic mass is 10.3. The first-order valence-corrected chi connectivity index (χ1v) is 5.72. The van der Waals surface area contributed by atoms with Gasteiger partial charge in [-0.05, 0) is 25.1 Å². The topological polar surface area (TPSA) is 78.9 Å². The van der Waals surface area contributed by atoms with Crippen molar-refractivity contribution in [3.63, 3.8) is 0 Å². The predicted molar refractivity (Wildman–Crippen MR) is 72.2 cm³/mol. The summed E-state index contributed by atoms with van der Waals surface area (Å²) in [4.78, 5) is 10.5. The van der Waals surface area contributed by atoms with E-state index >= 15 is 0 Å². The normalized spacial score (nSPS) is 10.1. The number of anilines is 2. The van der Waals surface area contributed by atoms with Crippen LogP contribution in [0.3, 0.4) is 0 Å². The number of nitrogen functional groups attached to an aromatic ring is 1. The minimum Gasteiger partial charge on any atom is -0.382 e. The van der Waals surface area contributed by atoms with Crippen LogP contribution in [0, 0.1) is 5.41 Å². The Kier molecular flexibility index (Phi) is 3.52. The molecule has 0 bridgehead atoms. The molecule has 3 N–H and O–H groups in total. The van der Waals surface area contributed by atoms with Crippen molar-refractivity contribution >= 4 is 17.5 Å². The van der Waals surface area contributed by atoms with E-state index < -0.39 is 0 Å². The van der Waals surface area contributed by atoms with Crippen LogP contribution in [0.15, 0.2) is 42.6 Å². The fraction of sp³-hybridized carbons (Fsp3) is 0.154. The number of para-hydroxylation sites is 1. The minimum absolute atomic E-state index is 0.0530. The van der Waals surface area contributed by atoms with Gasteiger partial charge in [0.2, 0.25) is 5.95 Å². The van der Waals surface area contributed by atoms with Crippen LogP contribution in [-0.2, 0) is 0 Å². The van der Waals surface area contributed by atoms with Crippen molar-refractivity contribution in [2.75, 3.05) is 11.4 Å². The van der Waals surface area contributed by atoms with Crippen molar-refractivity contribution in [2.24, 2.45) is 5.73 Å². The summed E-state index contributed by atoms with van der Waals surface area (Å²) < 4.78 is 0. The highest BCUT2D eigenvalue weighted by Gasteiger charge is 2.10. The van der Waals surface area contributed by atoms with Crippen molar-refractivity contribution in [3.05, 3.63) is 48.3 Å². The smallest absolute Gasteiger partial charge is 0.230 e. The van der Waals surface area contributed by atoms with Gasteiger partial charge in [-0.25, -0.2) is 9.97 Å². The Morgan fingerprint density at radius 1 is 1.28 bits per heavy atom. The number of nitrogens with zero attached hydrogens (tertiary/aromatic N) is 3. The number of nitrogens with one attached hydrogen (secondary N) is 1. The number of rotatable bonds is 4. The summed E-state index contributed by atoms with van der Waals surface area (Å²) >= 11 is 0. The van der Waals surface area contributed by atoms with E-state index in [9.17, 15) is 0 Å². The van der Waals surface area contributed by atoms with E-state index in [1.165, 1.54) is 0 Å². The molecule has 1 aromatic carbocycles. The molecule has 0 aliphatic heterocycles. The lowest BCUT2D eigenvalue weighted by Gasteiger charge is -2.20. The third kappa shape index (κ3) is 2.45. The number of hydrogen-bond donors (Lipinski definition) is 2. The van der Waals surface area contributed by atoms with E-state index in [4.69, 9.17) is 11.1 Å². The molecule has 0 saturated carbocycles. The van der Waals surface area contributed by atoms with Crippen LogP contribution < -0.4 is 10.6 Å². The number of nitrogens with two attached hydrogens (primary N) is 1. The minimum atomic E-state index is -0.0530. The SMILES string of the molecule is CCN(c1ccccc1)c1nccc(C(=N)N)n1. The fourth-order valence-electron chi connectivity index (χ4n) is 1.68. The maximum atomic E-state index is 7.40. The third-order valence-corrected chi connectivity index (χ3v) is 2.54. The van der Waals surface area contributed by atoms with Gasteiger partial charge in [0, 0.05) is 18.4 Å². The molecule has 0 unspecified atom stereocenters. The number of aromatic nitrogens is 2. The van der Waals surface area contributed by atoms with E-state index in [0.717, 1.165) is 12.2 Å². The highest BCUT2D eigenvalue weighted by molar-refractivity contribution is 5.93. The van der Waals surface area contributed by atoms with Crippen molar-refractivity contribution in [1.29, 1.82) is 5.41 Å². The van der Waals surface area contributed by atoms with Crippen LogP contribution in [-0.4, -0.2) is 22.3 Å². The molecular weight excluding hydrogens is 226 g/mol. The molecule has 0 spiro atoms. The van der Waals surface area contributed by atoms with Gasteiger partial charge in [-0.3, -0.25) is 5.41 Å². The Hall–Kier alpha value is -2.43. The Morgan fingerprint density at radius 2 is 2.00 bits per heavy atom. The van der Waals surface area contributed by atoms with Crippen LogP contribution in [0.2, 0.25) is 0 Å². The van der Waals surface area contributed by atoms with Crippen molar-refractivity contribution in [2.45, 2.75) is 6.92 Å². The molecule has 0 aliphatic carbocycles. The molecule has 92 valence electrons. The summed E-state index contributed by atoms with van der Waals surface area (Å²) in [6.45, 7) is 2.77. The van der Waals surface area contributed by atoms with E-state index in [1.807, 2.05) is 42.2 Å². The average molecular weight is 241 g/mol. The maximum Gasteiger partial charge on any atom is 0.230 e. The second-order valence-electron chi connectivity index (χ2n) is 3.74. The van der Waals surface area contributed by atoms with Gasteiger partial charge in [0.1, 0.15) is 11.5 Å². The van der Waals surface area contributed by atoms with Gasteiger partial charge in [-0.1, -0.05) is 18.2 Å². The lowest BCUT2D eigenvalue weighted by Crippen LogP contribution is -2.21. The Balaban J connectivity index is 2.39. The molecule has 5 nitrogen and oxygen atoms in total. The molecule has 0 fully saturated rings. The molecule has 1 heterocycles. The van der Waals surface area contributed by atoms with Gasteiger partial charge in [0.05, 0.1) is 0 Å². The summed E-state index contributed by atoms with van der Waals surface area (Å²) in [6, 6.07) is 11.5. The number of benzene rings is 1. The van der Waals surface area contributed by atoms with Crippen LogP contribution in [0.5, 0.6) is 0 Å². The van der Waals surface area contributed by atoms with Crippen LogP contribution >= 0.6 is 0 Å². The quantitative estimate of drug-likeness (QED) is 0.633. The molecule has 1 aromatic heterocycles. The van der Waals surface area contributed by atoms with Crippen LogP contribution in [0.1, 0.15) is 12.6 Å². The maximum absolute atomic E-state index is 7.40. The van der Waals surface area contributed by atoms with Gasteiger partial charge in [0.15, 0.2) is 0 Å². The molecular formula is C13H15N5. The first-order valence-electron chi connectivity index (χ1n) is 5.72. The zero-order valence-corrected chi connectivity index (χ0v) is 10.2. The Morgan fingerprint density at radius 3 is 2.61 bits per heavy atom. The highest BCUT2D eigenvalue weighted by atomic mass is 15.2. The van der Waals surface area contributed by atoms with Crippen molar-refractivity contribution in [3.8, 4) is 0 Å². The van der Waals surface area contributed by atoms with Crippen LogP contribution in [0.4, 0.5) is 11.6 Å². The zero-order valence-electron chi connectivity index (χ0n) is 10.2. The third-order valence-electron chi connectivity index (χ3n) is 2.54. The van der Waals surface area contributed by atoms with Crippen molar-refractivity contribution < 1.29 is 0 Å². The van der Waals surface area contributed by atoms with Crippen molar-refractivity contribution in [1.82, 2.24) is 9.97 Å². The molecule has 0 radical (unpaired) electrons. The number of amidine groups is 1. The second-order valence-corrected chi connectivity index (χ2v) is 3.74. The molecule has 0 atom stereocenters. The summed E-state index contributed by atoms with van der Waals surface area (Å²) in [6.07, 6.45) is 1.62.